The van der Waals surface area contributed by atoms with Gasteiger partial charge >= 0.3 is 0 Å². The Labute approximate surface area is 333 Å². The molecule has 0 spiro atoms. The van der Waals surface area contributed by atoms with Gasteiger partial charge in [-0.1, -0.05) is 146 Å². The highest BCUT2D eigenvalue weighted by molar-refractivity contribution is 7.26. The lowest BCUT2D eigenvalue weighted by Gasteiger charge is -2.15. The van der Waals surface area contributed by atoms with Crippen LogP contribution < -0.4 is 0 Å². The Bertz CT molecular complexity index is 3510. The van der Waals surface area contributed by atoms with Gasteiger partial charge in [0.05, 0.1) is 32.5 Å². The number of hydrogen-bond acceptors (Lipinski definition) is 1. The van der Waals surface area contributed by atoms with Gasteiger partial charge in [0, 0.05) is 42.7 Å². The number of nitrogens with zero attached hydrogens (tertiary/aromatic N) is 2. The molecule has 0 bridgehead atoms. The third-order valence-electron chi connectivity index (χ3n) is 11.7. The molecule has 0 saturated carbocycles. The van der Waals surface area contributed by atoms with Gasteiger partial charge in [0.15, 0.2) is 0 Å². The second-order valence-electron chi connectivity index (χ2n) is 14.9. The summed E-state index contributed by atoms with van der Waals surface area (Å²) in [6.07, 6.45) is 0. The van der Waals surface area contributed by atoms with Gasteiger partial charge in [0.25, 0.3) is 0 Å². The van der Waals surface area contributed by atoms with Gasteiger partial charge in [0.1, 0.15) is 0 Å². The van der Waals surface area contributed by atoms with Crippen LogP contribution >= 0.6 is 11.3 Å². The highest BCUT2D eigenvalue weighted by Crippen LogP contribution is 2.47. The second-order valence-corrected chi connectivity index (χ2v) is 15.9. The van der Waals surface area contributed by atoms with Crippen molar-refractivity contribution in [2.45, 2.75) is 0 Å². The molecule has 0 N–H and O–H groups in total. The first-order valence-electron chi connectivity index (χ1n) is 19.5. The third kappa shape index (κ3) is 4.89. The first kappa shape index (κ1) is 32.1. The quantitative estimate of drug-likeness (QED) is 0.166. The molecule has 0 radical (unpaired) electrons. The first-order valence-corrected chi connectivity index (χ1v) is 20.3. The van der Waals surface area contributed by atoms with E-state index in [1.165, 1.54) is 109 Å². The fourth-order valence-electron chi connectivity index (χ4n) is 9.22. The molecule has 12 rings (SSSR count). The number of benzene rings is 9. The maximum absolute atomic E-state index is 2.50. The van der Waals surface area contributed by atoms with Crippen LogP contribution in [0.2, 0.25) is 0 Å². The van der Waals surface area contributed by atoms with Crippen LogP contribution in [-0.4, -0.2) is 9.13 Å². The minimum Gasteiger partial charge on any atom is -0.309 e. The van der Waals surface area contributed by atoms with E-state index < -0.39 is 0 Å². The lowest BCUT2D eigenvalue weighted by molar-refractivity contribution is 1.18. The Kier molecular flexibility index (Phi) is 7.13. The molecule has 2 nitrogen and oxygen atoms in total. The Morgan fingerprint density at radius 2 is 0.842 bits per heavy atom. The van der Waals surface area contributed by atoms with Crippen molar-refractivity contribution in [1.29, 1.82) is 0 Å². The van der Waals surface area contributed by atoms with Crippen molar-refractivity contribution >= 4 is 75.1 Å². The molecule has 9 aromatic carbocycles. The van der Waals surface area contributed by atoms with E-state index in [0.717, 1.165) is 0 Å². The molecule has 57 heavy (non-hydrogen) atoms. The summed E-state index contributed by atoms with van der Waals surface area (Å²) >= 11 is 1.89. The van der Waals surface area contributed by atoms with E-state index in [4.69, 9.17) is 0 Å². The van der Waals surface area contributed by atoms with Crippen molar-refractivity contribution in [2.75, 3.05) is 0 Å². The average Bonchev–Trinajstić information content (AvgIpc) is 3.95. The Morgan fingerprint density at radius 1 is 0.316 bits per heavy atom. The van der Waals surface area contributed by atoms with Crippen LogP contribution in [0.1, 0.15) is 0 Å². The molecule has 0 fully saturated rings. The van der Waals surface area contributed by atoms with Gasteiger partial charge in [-0.15, -0.1) is 11.3 Å². The standard InChI is InChI=1S/C54H34N2S/c1-3-15-35(16-4-1)39-19-7-8-20-40(39)43-29-32-51(54-53(43)44-23-11-14-26-52(44)57-54)56-48-25-13-10-22-42(48)46-34-37(28-31-50(46)56)36-27-30-49-45(33-36)41-21-9-12-24-47(41)55(49)38-17-5-2-6-18-38/h1-34H. The van der Waals surface area contributed by atoms with Crippen molar-refractivity contribution in [3.05, 3.63) is 206 Å². The topological polar surface area (TPSA) is 9.86 Å². The van der Waals surface area contributed by atoms with E-state index in [1.807, 2.05) is 11.3 Å². The van der Waals surface area contributed by atoms with Crippen LogP contribution in [0.5, 0.6) is 0 Å². The van der Waals surface area contributed by atoms with E-state index in [0.29, 0.717) is 0 Å². The second kappa shape index (κ2) is 12.7. The van der Waals surface area contributed by atoms with E-state index in [2.05, 4.69) is 215 Å². The Hall–Kier alpha value is -7.20. The summed E-state index contributed by atoms with van der Waals surface area (Å²) in [5.41, 5.74) is 14.6. The lowest BCUT2D eigenvalue weighted by atomic mass is 9.91. The van der Waals surface area contributed by atoms with E-state index in [1.54, 1.807) is 0 Å². The summed E-state index contributed by atoms with van der Waals surface area (Å²) < 4.78 is 7.47. The predicted octanol–water partition coefficient (Wildman–Crippen LogP) is 15.2. The predicted molar refractivity (Wildman–Crippen MR) is 244 cm³/mol. The fraction of sp³-hybridized carbons (Fsp3) is 0. The minimum atomic E-state index is 1.17. The third-order valence-corrected chi connectivity index (χ3v) is 12.9. The summed E-state index contributed by atoms with van der Waals surface area (Å²) in [6.45, 7) is 0. The molecular weight excluding hydrogens is 709 g/mol. The molecule has 0 atom stereocenters. The minimum absolute atomic E-state index is 1.17. The largest absolute Gasteiger partial charge is 0.309 e. The SMILES string of the molecule is c1ccc(-c2ccccc2-c2ccc(-n3c4ccccc4c4cc(-c5ccc6c(c5)c5ccccc5n6-c5ccccc5)ccc43)c3sc4ccccc4c23)cc1. The van der Waals surface area contributed by atoms with Crippen LogP contribution in [-0.2, 0) is 0 Å². The van der Waals surface area contributed by atoms with Gasteiger partial charge in [-0.05, 0) is 94.0 Å². The molecular formula is C54H34N2S. The normalized spacial score (nSPS) is 11.9. The van der Waals surface area contributed by atoms with Crippen LogP contribution in [0.25, 0.3) is 109 Å². The highest BCUT2D eigenvalue weighted by atomic mass is 32.1. The molecule has 3 heterocycles. The first-order chi connectivity index (χ1) is 28.3. The maximum atomic E-state index is 2.50. The number of thiophene rings is 1. The average molecular weight is 743 g/mol. The van der Waals surface area contributed by atoms with Gasteiger partial charge in [-0.2, -0.15) is 0 Å². The molecule has 0 saturated heterocycles. The van der Waals surface area contributed by atoms with E-state index >= 15 is 0 Å². The zero-order valence-electron chi connectivity index (χ0n) is 30.9. The van der Waals surface area contributed by atoms with E-state index in [9.17, 15) is 0 Å². The van der Waals surface area contributed by atoms with Crippen molar-refractivity contribution in [3.8, 4) is 44.8 Å². The van der Waals surface area contributed by atoms with Gasteiger partial charge in [-0.25, -0.2) is 0 Å². The molecule has 3 heteroatoms. The zero-order chi connectivity index (χ0) is 37.5. The summed E-state index contributed by atoms with van der Waals surface area (Å²) in [6, 6.07) is 75.5. The van der Waals surface area contributed by atoms with Gasteiger partial charge in [-0.3, -0.25) is 0 Å². The molecule has 266 valence electrons. The van der Waals surface area contributed by atoms with Crippen LogP contribution in [0.3, 0.4) is 0 Å². The zero-order valence-corrected chi connectivity index (χ0v) is 31.7. The molecule has 0 aliphatic carbocycles. The molecule has 12 aromatic rings. The van der Waals surface area contributed by atoms with Crippen molar-refractivity contribution < 1.29 is 0 Å². The van der Waals surface area contributed by atoms with Crippen molar-refractivity contribution in [2.24, 2.45) is 0 Å². The summed E-state index contributed by atoms with van der Waals surface area (Å²) in [4.78, 5) is 0. The molecule has 3 aromatic heterocycles. The lowest BCUT2D eigenvalue weighted by Crippen LogP contribution is -1.95. The van der Waals surface area contributed by atoms with Gasteiger partial charge in [0.2, 0.25) is 0 Å². The molecule has 0 aliphatic rings. The molecule has 0 amide bonds. The number of fused-ring (bicyclic) bond motifs is 9. The van der Waals surface area contributed by atoms with Crippen LogP contribution in [0.4, 0.5) is 0 Å². The molecule has 0 unspecified atom stereocenters. The smallest absolute Gasteiger partial charge is 0.0641 e. The Balaban J connectivity index is 1.07. The number of rotatable bonds is 5. The number of hydrogen-bond donors (Lipinski definition) is 0. The van der Waals surface area contributed by atoms with Crippen LogP contribution in [0.15, 0.2) is 206 Å². The molecule has 0 aliphatic heterocycles. The number of para-hydroxylation sites is 3. The van der Waals surface area contributed by atoms with E-state index in [-0.39, 0.29) is 0 Å². The maximum Gasteiger partial charge on any atom is 0.0641 e. The summed E-state index contributed by atoms with van der Waals surface area (Å²) in [5.74, 6) is 0. The van der Waals surface area contributed by atoms with Gasteiger partial charge < -0.3 is 9.13 Å². The Morgan fingerprint density at radius 3 is 1.54 bits per heavy atom. The monoisotopic (exact) mass is 742 g/mol. The van der Waals surface area contributed by atoms with Crippen LogP contribution in [0, 0.1) is 0 Å². The summed E-state index contributed by atoms with van der Waals surface area (Å²) in [7, 11) is 0. The van der Waals surface area contributed by atoms with Crippen molar-refractivity contribution in [1.82, 2.24) is 9.13 Å². The fourth-order valence-corrected chi connectivity index (χ4v) is 10.5. The van der Waals surface area contributed by atoms with Crippen molar-refractivity contribution in [3.63, 3.8) is 0 Å². The highest BCUT2D eigenvalue weighted by Gasteiger charge is 2.21. The summed E-state index contributed by atoms with van der Waals surface area (Å²) in [5, 5.41) is 7.63. The number of aromatic nitrogens is 2.